The van der Waals surface area contributed by atoms with E-state index in [2.05, 4.69) is 75.5 Å². The molecule has 6 heteroatoms. The van der Waals surface area contributed by atoms with Crippen molar-refractivity contribution in [2.75, 3.05) is 5.32 Å². The second kappa shape index (κ2) is 9.54. The molecule has 3 aromatic carbocycles. The van der Waals surface area contributed by atoms with Gasteiger partial charge in [0.25, 0.3) is 0 Å². The standard InChI is InChI=1S/C33H27N5O/c34-18-30-29(37-23-12-14-25(39)15-13-23)17-24(20-36-30)38-31-10-4-2-7-27(31)33-26(8-5-11-32(33)38)22-16-21-6-1-3-9-28(21)35-19-22/h1-11,16-17,19-20,23,25,37,39H,12-15H2. The Hall–Kier alpha value is -4.73. The second-order valence-electron chi connectivity index (χ2n) is 10.3. The number of aliphatic hydroxyl groups excluding tert-OH is 1. The zero-order chi connectivity index (χ0) is 26.3. The quantitative estimate of drug-likeness (QED) is 0.268. The van der Waals surface area contributed by atoms with Crippen LogP contribution in [0.4, 0.5) is 5.69 Å². The zero-order valence-corrected chi connectivity index (χ0v) is 21.4. The van der Waals surface area contributed by atoms with Gasteiger partial charge in [0.2, 0.25) is 0 Å². The van der Waals surface area contributed by atoms with E-state index in [1.165, 1.54) is 0 Å². The van der Waals surface area contributed by atoms with Crippen molar-refractivity contribution in [3.05, 3.63) is 97.0 Å². The predicted octanol–water partition coefficient (Wildman–Crippen LogP) is 6.98. The monoisotopic (exact) mass is 509 g/mol. The Bertz CT molecular complexity index is 1890. The molecule has 6 aromatic rings. The minimum Gasteiger partial charge on any atom is -0.393 e. The lowest BCUT2D eigenvalue weighted by atomic mass is 9.93. The van der Waals surface area contributed by atoms with Gasteiger partial charge in [-0.25, -0.2) is 4.98 Å². The summed E-state index contributed by atoms with van der Waals surface area (Å²) in [5, 5.41) is 26.7. The van der Waals surface area contributed by atoms with Crippen molar-refractivity contribution in [3.8, 4) is 22.9 Å². The molecular weight excluding hydrogens is 482 g/mol. The lowest BCUT2D eigenvalue weighted by Crippen LogP contribution is -2.28. The molecule has 7 rings (SSSR count). The van der Waals surface area contributed by atoms with E-state index in [0.717, 1.165) is 80.9 Å². The van der Waals surface area contributed by atoms with Crippen LogP contribution in [0.2, 0.25) is 0 Å². The Morgan fingerprint density at radius 1 is 0.846 bits per heavy atom. The number of nitriles is 1. The van der Waals surface area contributed by atoms with E-state index in [1.54, 1.807) is 6.20 Å². The van der Waals surface area contributed by atoms with Crippen LogP contribution >= 0.6 is 0 Å². The fourth-order valence-electron chi connectivity index (χ4n) is 5.97. The SMILES string of the molecule is N#Cc1ncc(-n2c3ccccc3c3c(-c4cnc5ccccc5c4)cccc32)cc1NC1CCC(O)CC1. The number of benzene rings is 3. The van der Waals surface area contributed by atoms with Gasteiger partial charge >= 0.3 is 0 Å². The number of rotatable bonds is 4. The first-order valence-corrected chi connectivity index (χ1v) is 13.4. The van der Waals surface area contributed by atoms with Crippen LogP contribution in [0.3, 0.4) is 0 Å². The molecule has 0 radical (unpaired) electrons. The molecule has 39 heavy (non-hydrogen) atoms. The summed E-state index contributed by atoms with van der Waals surface area (Å²) in [6, 6.07) is 29.7. The van der Waals surface area contributed by atoms with Gasteiger partial charge < -0.3 is 15.0 Å². The van der Waals surface area contributed by atoms with Gasteiger partial charge in [-0.2, -0.15) is 5.26 Å². The normalized spacial score (nSPS) is 17.4. The third-order valence-corrected chi connectivity index (χ3v) is 7.89. The summed E-state index contributed by atoms with van der Waals surface area (Å²) in [5.74, 6) is 0. The average molecular weight is 510 g/mol. The Kier molecular flexibility index (Phi) is 5.72. The molecule has 0 bridgehead atoms. The average Bonchev–Trinajstić information content (AvgIpc) is 3.33. The molecular formula is C33H27N5O. The topological polar surface area (TPSA) is 86.8 Å². The van der Waals surface area contributed by atoms with Crippen molar-refractivity contribution >= 4 is 38.4 Å². The molecule has 0 amide bonds. The Morgan fingerprint density at radius 2 is 1.64 bits per heavy atom. The third-order valence-electron chi connectivity index (χ3n) is 7.89. The summed E-state index contributed by atoms with van der Waals surface area (Å²) in [4.78, 5) is 9.29. The molecule has 0 aliphatic heterocycles. The van der Waals surface area contributed by atoms with E-state index in [0.29, 0.717) is 5.69 Å². The van der Waals surface area contributed by atoms with Gasteiger partial charge in [0.1, 0.15) is 6.07 Å². The van der Waals surface area contributed by atoms with Gasteiger partial charge in [0, 0.05) is 34.0 Å². The molecule has 1 aliphatic rings. The van der Waals surface area contributed by atoms with Crippen molar-refractivity contribution in [3.63, 3.8) is 0 Å². The fraction of sp³-hybridized carbons (Fsp3) is 0.182. The van der Waals surface area contributed by atoms with Crippen LogP contribution in [0.15, 0.2) is 91.3 Å². The lowest BCUT2D eigenvalue weighted by molar-refractivity contribution is 0.126. The maximum absolute atomic E-state index is 9.92. The summed E-state index contributed by atoms with van der Waals surface area (Å²) in [7, 11) is 0. The fourth-order valence-corrected chi connectivity index (χ4v) is 5.97. The Morgan fingerprint density at radius 3 is 2.51 bits per heavy atom. The highest BCUT2D eigenvalue weighted by atomic mass is 16.3. The van der Waals surface area contributed by atoms with Gasteiger partial charge in [-0.3, -0.25) is 4.98 Å². The predicted molar refractivity (Wildman–Crippen MR) is 156 cm³/mol. The lowest BCUT2D eigenvalue weighted by Gasteiger charge is -2.27. The number of aliphatic hydroxyl groups is 1. The summed E-state index contributed by atoms with van der Waals surface area (Å²) >= 11 is 0. The van der Waals surface area contributed by atoms with Crippen molar-refractivity contribution in [2.45, 2.75) is 37.8 Å². The highest BCUT2D eigenvalue weighted by Crippen LogP contribution is 2.39. The highest BCUT2D eigenvalue weighted by Gasteiger charge is 2.22. The summed E-state index contributed by atoms with van der Waals surface area (Å²) in [6.07, 6.45) is 6.79. The zero-order valence-electron chi connectivity index (χ0n) is 21.4. The molecule has 0 atom stereocenters. The van der Waals surface area contributed by atoms with Crippen LogP contribution in [0, 0.1) is 11.3 Å². The van der Waals surface area contributed by atoms with Gasteiger partial charge in [0.05, 0.1) is 40.2 Å². The number of nitrogens with zero attached hydrogens (tertiary/aromatic N) is 4. The van der Waals surface area contributed by atoms with Crippen LogP contribution in [0.1, 0.15) is 31.4 Å². The molecule has 1 aliphatic carbocycles. The highest BCUT2D eigenvalue weighted by molar-refractivity contribution is 6.16. The number of nitrogens with one attached hydrogen (secondary N) is 1. The van der Waals surface area contributed by atoms with E-state index in [-0.39, 0.29) is 12.1 Å². The molecule has 190 valence electrons. The van der Waals surface area contributed by atoms with E-state index in [1.807, 2.05) is 30.5 Å². The number of hydrogen-bond acceptors (Lipinski definition) is 5. The minimum atomic E-state index is -0.229. The summed E-state index contributed by atoms with van der Waals surface area (Å²) < 4.78 is 2.23. The van der Waals surface area contributed by atoms with Crippen molar-refractivity contribution in [2.24, 2.45) is 0 Å². The van der Waals surface area contributed by atoms with Crippen molar-refractivity contribution < 1.29 is 5.11 Å². The van der Waals surface area contributed by atoms with E-state index < -0.39 is 0 Å². The molecule has 3 aromatic heterocycles. The molecule has 6 nitrogen and oxygen atoms in total. The first kappa shape index (κ1) is 23.4. The molecule has 2 N–H and O–H groups in total. The number of pyridine rings is 2. The van der Waals surface area contributed by atoms with Gasteiger partial charge in [-0.15, -0.1) is 0 Å². The smallest absolute Gasteiger partial charge is 0.163 e. The number of anilines is 1. The van der Waals surface area contributed by atoms with Crippen molar-refractivity contribution in [1.29, 1.82) is 5.26 Å². The van der Waals surface area contributed by atoms with E-state index >= 15 is 0 Å². The maximum atomic E-state index is 9.92. The number of fused-ring (bicyclic) bond motifs is 4. The minimum absolute atomic E-state index is 0.211. The first-order chi connectivity index (χ1) is 19.2. The number of hydrogen-bond donors (Lipinski definition) is 2. The first-order valence-electron chi connectivity index (χ1n) is 13.4. The molecule has 0 unspecified atom stereocenters. The van der Waals surface area contributed by atoms with Gasteiger partial charge in [-0.05, 0) is 61.6 Å². The molecule has 1 fully saturated rings. The van der Waals surface area contributed by atoms with Crippen LogP contribution in [-0.4, -0.2) is 31.8 Å². The van der Waals surface area contributed by atoms with E-state index in [9.17, 15) is 10.4 Å². The van der Waals surface area contributed by atoms with Crippen LogP contribution in [0.25, 0.3) is 49.5 Å². The molecule has 3 heterocycles. The van der Waals surface area contributed by atoms with Gasteiger partial charge in [-0.1, -0.05) is 48.5 Å². The van der Waals surface area contributed by atoms with E-state index in [4.69, 9.17) is 4.98 Å². The summed E-state index contributed by atoms with van der Waals surface area (Å²) in [6.45, 7) is 0. The summed E-state index contributed by atoms with van der Waals surface area (Å²) in [5.41, 5.74) is 7.33. The van der Waals surface area contributed by atoms with Crippen LogP contribution in [-0.2, 0) is 0 Å². The molecule has 0 spiro atoms. The second-order valence-corrected chi connectivity index (χ2v) is 10.3. The number of aromatic nitrogens is 3. The van der Waals surface area contributed by atoms with Crippen molar-refractivity contribution in [1.82, 2.24) is 14.5 Å². The third kappa shape index (κ3) is 4.08. The molecule has 0 saturated heterocycles. The molecule has 1 saturated carbocycles. The number of para-hydroxylation sites is 2. The largest absolute Gasteiger partial charge is 0.393 e. The Labute approximate surface area is 226 Å². The Balaban J connectivity index is 1.41. The van der Waals surface area contributed by atoms with Crippen LogP contribution < -0.4 is 5.32 Å². The van der Waals surface area contributed by atoms with Crippen LogP contribution in [0.5, 0.6) is 0 Å². The van der Waals surface area contributed by atoms with Gasteiger partial charge in [0.15, 0.2) is 5.69 Å². The maximum Gasteiger partial charge on any atom is 0.163 e.